The molecule has 0 saturated heterocycles. The molecule has 0 aliphatic heterocycles. The number of hydrogen-bond acceptors (Lipinski definition) is 3. The number of nitrogens with two attached hydrogens (primary N) is 1. The van der Waals surface area contributed by atoms with Crippen molar-refractivity contribution in [2.75, 3.05) is 0 Å². The minimum absolute atomic E-state index is 0.108. The van der Waals surface area contributed by atoms with Gasteiger partial charge in [0, 0.05) is 8.95 Å². The van der Waals surface area contributed by atoms with E-state index >= 15 is 0 Å². The standard InChI is InChI=1S/C12H12Br2N2S/c13-9-1-2-11(14)10(6-9)12(16-15)5-8-3-4-17-7-8/h1-4,6-7,12,16H,5,15H2. The Balaban J connectivity index is 2.25. The van der Waals surface area contributed by atoms with Gasteiger partial charge >= 0.3 is 0 Å². The lowest BCUT2D eigenvalue weighted by molar-refractivity contribution is 0.550. The van der Waals surface area contributed by atoms with Crippen LogP contribution in [0, 0.1) is 0 Å². The second-order valence-electron chi connectivity index (χ2n) is 3.72. The SMILES string of the molecule is NNC(Cc1ccsc1)c1cc(Br)ccc1Br. The predicted molar refractivity (Wildman–Crippen MR) is 79.9 cm³/mol. The Morgan fingerprint density at radius 1 is 1.29 bits per heavy atom. The molecule has 1 unspecified atom stereocenters. The molecule has 1 heterocycles. The molecule has 0 saturated carbocycles. The highest BCUT2D eigenvalue weighted by atomic mass is 79.9. The van der Waals surface area contributed by atoms with Gasteiger partial charge in [-0.15, -0.1) is 0 Å². The summed E-state index contributed by atoms with van der Waals surface area (Å²) in [7, 11) is 0. The van der Waals surface area contributed by atoms with Crippen LogP contribution < -0.4 is 11.3 Å². The minimum atomic E-state index is 0.108. The molecule has 0 aliphatic carbocycles. The van der Waals surface area contributed by atoms with Crippen molar-refractivity contribution in [2.24, 2.45) is 5.84 Å². The van der Waals surface area contributed by atoms with E-state index in [-0.39, 0.29) is 6.04 Å². The zero-order valence-corrected chi connectivity index (χ0v) is 13.0. The van der Waals surface area contributed by atoms with Gasteiger partial charge in [-0.1, -0.05) is 31.9 Å². The first-order chi connectivity index (χ1) is 8.20. The van der Waals surface area contributed by atoms with E-state index in [4.69, 9.17) is 5.84 Å². The Morgan fingerprint density at radius 2 is 2.12 bits per heavy atom. The van der Waals surface area contributed by atoms with Crippen molar-refractivity contribution in [3.05, 3.63) is 55.1 Å². The molecule has 1 atom stereocenters. The third-order valence-corrected chi connectivity index (χ3v) is 4.50. The highest BCUT2D eigenvalue weighted by molar-refractivity contribution is 9.11. The van der Waals surface area contributed by atoms with Crippen molar-refractivity contribution in [1.82, 2.24) is 5.43 Å². The van der Waals surface area contributed by atoms with E-state index in [0.29, 0.717) is 0 Å². The van der Waals surface area contributed by atoms with Crippen LogP contribution in [0.3, 0.4) is 0 Å². The second-order valence-corrected chi connectivity index (χ2v) is 6.27. The summed E-state index contributed by atoms with van der Waals surface area (Å²) in [5.74, 6) is 5.66. The van der Waals surface area contributed by atoms with Gasteiger partial charge in [0.1, 0.15) is 0 Å². The van der Waals surface area contributed by atoms with Crippen LogP contribution in [-0.2, 0) is 6.42 Å². The fraction of sp³-hybridized carbons (Fsp3) is 0.167. The largest absolute Gasteiger partial charge is 0.271 e. The second kappa shape index (κ2) is 6.11. The molecular weight excluding hydrogens is 364 g/mol. The third kappa shape index (κ3) is 3.39. The van der Waals surface area contributed by atoms with Gasteiger partial charge in [-0.25, -0.2) is 0 Å². The molecule has 0 aliphatic rings. The van der Waals surface area contributed by atoms with Crippen molar-refractivity contribution >= 4 is 43.2 Å². The smallest absolute Gasteiger partial charge is 0.0512 e. The summed E-state index contributed by atoms with van der Waals surface area (Å²) in [6.45, 7) is 0. The van der Waals surface area contributed by atoms with Crippen molar-refractivity contribution < 1.29 is 0 Å². The van der Waals surface area contributed by atoms with Crippen LogP contribution in [0.15, 0.2) is 44.0 Å². The summed E-state index contributed by atoms with van der Waals surface area (Å²) in [6, 6.07) is 8.35. The van der Waals surface area contributed by atoms with Gasteiger partial charge in [0.2, 0.25) is 0 Å². The summed E-state index contributed by atoms with van der Waals surface area (Å²) < 4.78 is 2.13. The quantitative estimate of drug-likeness (QED) is 0.625. The van der Waals surface area contributed by atoms with Gasteiger partial charge in [0.25, 0.3) is 0 Å². The van der Waals surface area contributed by atoms with Crippen LogP contribution >= 0.6 is 43.2 Å². The Bertz CT molecular complexity index is 485. The lowest BCUT2D eigenvalue weighted by Crippen LogP contribution is -2.29. The van der Waals surface area contributed by atoms with Crippen LogP contribution in [0.2, 0.25) is 0 Å². The van der Waals surface area contributed by atoms with Crippen LogP contribution in [0.1, 0.15) is 17.2 Å². The molecular formula is C12H12Br2N2S. The van der Waals surface area contributed by atoms with Crippen molar-refractivity contribution in [3.8, 4) is 0 Å². The molecule has 3 N–H and O–H groups in total. The number of hydrogen-bond donors (Lipinski definition) is 2. The molecule has 2 aromatic rings. The lowest BCUT2D eigenvalue weighted by Gasteiger charge is -2.17. The van der Waals surface area contributed by atoms with Crippen LogP contribution in [0.25, 0.3) is 0 Å². The van der Waals surface area contributed by atoms with E-state index in [2.05, 4.69) is 60.2 Å². The molecule has 1 aromatic heterocycles. The Kier molecular flexibility index (Phi) is 4.76. The molecule has 5 heteroatoms. The maximum Gasteiger partial charge on any atom is 0.0512 e. The molecule has 17 heavy (non-hydrogen) atoms. The van der Waals surface area contributed by atoms with Crippen LogP contribution in [0.5, 0.6) is 0 Å². The molecule has 0 bridgehead atoms. The first kappa shape index (κ1) is 13.2. The fourth-order valence-electron chi connectivity index (χ4n) is 1.68. The van der Waals surface area contributed by atoms with E-state index in [1.807, 2.05) is 12.1 Å². The third-order valence-electron chi connectivity index (χ3n) is 2.55. The van der Waals surface area contributed by atoms with Gasteiger partial charge < -0.3 is 0 Å². The highest BCUT2D eigenvalue weighted by Gasteiger charge is 2.14. The number of benzene rings is 1. The predicted octanol–water partition coefficient (Wildman–Crippen LogP) is 4.02. The normalized spacial score (nSPS) is 12.6. The zero-order valence-electron chi connectivity index (χ0n) is 8.99. The van der Waals surface area contributed by atoms with E-state index in [0.717, 1.165) is 20.9 Å². The molecule has 0 radical (unpaired) electrons. The van der Waals surface area contributed by atoms with Gasteiger partial charge in [-0.2, -0.15) is 11.3 Å². The average Bonchev–Trinajstić information content (AvgIpc) is 2.82. The number of rotatable bonds is 4. The van der Waals surface area contributed by atoms with Gasteiger partial charge in [-0.05, 0) is 52.6 Å². The summed E-state index contributed by atoms with van der Waals surface area (Å²) in [4.78, 5) is 0. The van der Waals surface area contributed by atoms with Gasteiger partial charge in [-0.3, -0.25) is 11.3 Å². The minimum Gasteiger partial charge on any atom is -0.271 e. The molecule has 0 amide bonds. The van der Waals surface area contributed by atoms with Gasteiger partial charge in [0.15, 0.2) is 0 Å². The topological polar surface area (TPSA) is 38.0 Å². The van der Waals surface area contributed by atoms with Crippen LogP contribution in [-0.4, -0.2) is 0 Å². The van der Waals surface area contributed by atoms with Crippen molar-refractivity contribution in [2.45, 2.75) is 12.5 Å². The summed E-state index contributed by atoms with van der Waals surface area (Å²) in [6.07, 6.45) is 0.884. The van der Waals surface area contributed by atoms with E-state index in [1.54, 1.807) is 11.3 Å². The lowest BCUT2D eigenvalue weighted by atomic mass is 10.0. The average molecular weight is 376 g/mol. The Hall–Kier alpha value is -0.200. The van der Waals surface area contributed by atoms with Gasteiger partial charge in [0.05, 0.1) is 6.04 Å². The molecule has 2 nitrogen and oxygen atoms in total. The Labute approximate surface area is 121 Å². The number of thiophene rings is 1. The van der Waals surface area contributed by atoms with Crippen LogP contribution in [0.4, 0.5) is 0 Å². The maximum absolute atomic E-state index is 5.66. The first-order valence-electron chi connectivity index (χ1n) is 5.13. The van der Waals surface area contributed by atoms with Crippen molar-refractivity contribution in [1.29, 1.82) is 0 Å². The monoisotopic (exact) mass is 374 g/mol. The number of nitrogens with one attached hydrogen (secondary N) is 1. The summed E-state index contributed by atoms with van der Waals surface area (Å²) >= 11 is 8.75. The molecule has 2 rings (SSSR count). The maximum atomic E-state index is 5.66. The number of halogens is 2. The number of hydrazine groups is 1. The molecule has 0 spiro atoms. The van der Waals surface area contributed by atoms with Crippen molar-refractivity contribution in [3.63, 3.8) is 0 Å². The Morgan fingerprint density at radius 3 is 2.76 bits per heavy atom. The zero-order chi connectivity index (χ0) is 12.3. The summed E-state index contributed by atoms with van der Waals surface area (Å²) in [5, 5.41) is 4.23. The molecule has 1 aromatic carbocycles. The highest BCUT2D eigenvalue weighted by Crippen LogP contribution is 2.29. The van der Waals surface area contributed by atoms with E-state index < -0.39 is 0 Å². The summed E-state index contributed by atoms with van der Waals surface area (Å²) in [5.41, 5.74) is 5.33. The van der Waals surface area contributed by atoms with E-state index in [9.17, 15) is 0 Å². The molecule has 0 fully saturated rings. The molecule has 90 valence electrons. The van der Waals surface area contributed by atoms with E-state index in [1.165, 1.54) is 5.56 Å². The fourth-order valence-corrected chi connectivity index (χ4v) is 3.27. The first-order valence-corrected chi connectivity index (χ1v) is 7.65.